The Morgan fingerprint density at radius 3 is 2.42 bits per heavy atom. The van der Waals surface area contributed by atoms with Crippen molar-refractivity contribution in [3.05, 3.63) is 69.1 Å². The maximum absolute atomic E-state index is 12.7. The number of ether oxygens (including phenoxy) is 1. The third kappa shape index (κ3) is 5.74. The molecule has 0 bridgehead atoms. The number of imide groups is 1. The van der Waals surface area contributed by atoms with E-state index < -0.39 is 41.3 Å². The van der Waals surface area contributed by atoms with Crippen LogP contribution in [0.4, 0.5) is 23.7 Å². The number of amides is 3. The normalized spacial score (nSPS) is 15.2. The molecule has 3 rings (SSSR count). The van der Waals surface area contributed by atoms with Crippen molar-refractivity contribution in [1.82, 2.24) is 4.90 Å². The molecular formula is C21H14ClF3N2O5S. The fraction of sp³-hybridized carbons (Fsp3) is 0.143. The summed E-state index contributed by atoms with van der Waals surface area (Å²) in [6.07, 6.45) is -3.23. The molecule has 0 radical (unpaired) electrons. The van der Waals surface area contributed by atoms with Gasteiger partial charge >= 0.3 is 12.1 Å². The highest BCUT2D eigenvalue weighted by Crippen LogP contribution is 2.33. The first-order valence-corrected chi connectivity index (χ1v) is 10.3. The molecule has 7 nitrogen and oxygen atoms in total. The zero-order valence-corrected chi connectivity index (χ0v) is 18.3. The van der Waals surface area contributed by atoms with Crippen LogP contribution in [0.2, 0.25) is 5.02 Å². The molecule has 1 heterocycles. The lowest BCUT2D eigenvalue weighted by Gasteiger charge is -2.13. The van der Waals surface area contributed by atoms with E-state index in [1.54, 1.807) is 0 Å². The molecule has 1 fully saturated rings. The van der Waals surface area contributed by atoms with Crippen molar-refractivity contribution in [2.24, 2.45) is 0 Å². The number of halogens is 4. The Morgan fingerprint density at radius 1 is 1.15 bits per heavy atom. The van der Waals surface area contributed by atoms with Crippen molar-refractivity contribution >= 4 is 58.1 Å². The van der Waals surface area contributed by atoms with Gasteiger partial charge in [-0.15, -0.1) is 0 Å². The van der Waals surface area contributed by atoms with Crippen LogP contribution in [0.3, 0.4) is 0 Å². The second kappa shape index (κ2) is 9.67. The quantitative estimate of drug-likeness (QED) is 0.469. The number of methoxy groups -OCH3 is 1. The highest BCUT2D eigenvalue weighted by atomic mass is 35.5. The van der Waals surface area contributed by atoms with Gasteiger partial charge in [0.2, 0.25) is 5.91 Å². The number of benzene rings is 2. The van der Waals surface area contributed by atoms with Gasteiger partial charge in [-0.2, -0.15) is 13.2 Å². The zero-order chi connectivity index (χ0) is 24.3. The average molecular weight is 499 g/mol. The third-order valence-electron chi connectivity index (χ3n) is 4.37. The number of alkyl halides is 3. The molecule has 0 spiro atoms. The Kier molecular flexibility index (Phi) is 7.13. The van der Waals surface area contributed by atoms with Crippen LogP contribution in [0.25, 0.3) is 6.08 Å². The molecule has 1 aliphatic rings. The molecule has 0 saturated carbocycles. The number of rotatable bonds is 5. The van der Waals surface area contributed by atoms with Crippen LogP contribution in [-0.4, -0.2) is 41.6 Å². The van der Waals surface area contributed by atoms with Crippen molar-refractivity contribution in [2.45, 2.75) is 6.18 Å². The predicted molar refractivity (Wildman–Crippen MR) is 116 cm³/mol. The lowest BCUT2D eigenvalue weighted by molar-refractivity contribution is -0.137. The summed E-state index contributed by atoms with van der Waals surface area (Å²) in [4.78, 5) is 49.5. The van der Waals surface area contributed by atoms with Crippen LogP contribution in [-0.2, 0) is 20.5 Å². The molecule has 0 unspecified atom stereocenters. The topological polar surface area (TPSA) is 92.8 Å². The fourth-order valence-electron chi connectivity index (χ4n) is 2.77. The molecule has 1 saturated heterocycles. The predicted octanol–water partition coefficient (Wildman–Crippen LogP) is 4.82. The minimum Gasteiger partial charge on any atom is -0.465 e. The molecule has 0 atom stereocenters. The summed E-state index contributed by atoms with van der Waals surface area (Å²) in [5, 5.41) is 1.86. The summed E-state index contributed by atoms with van der Waals surface area (Å²) >= 11 is 6.48. The summed E-state index contributed by atoms with van der Waals surface area (Å²) in [7, 11) is 1.17. The number of hydrogen-bond donors (Lipinski definition) is 1. The molecule has 33 heavy (non-hydrogen) atoms. The Hall–Kier alpha value is -3.31. The molecule has 1 N–H and O–H groups in total. The van der Waals surface area contributed by atoms with Gasteiger partial charge in [-0.25, -0.2) is 4.79 Å². The number of nitrogens with one attached hydrogen (secondary N) is 1. The number of nitrogens with zero attached hydrogens (tertiary/aromatic N) is 1. The number of hydrogen-bond acceptors (Lipinski definition) is 6. The van der Waals surface area contributed by atoms with Crippen LogP contribution in [0.5, 0.6) is 0 Å². The van der Waals surface area contributed by atoms with E-state index in [0.717, 1.165) is 12.1 Å². The molecule has 1 aliphatic heterocycles. The number of carbonyl (C=O) groups excluding carboxylic acids is 4. The van der Waals surface area contributed by atoms with Crippen molar-refractivity contribution in [1.29, 1.82) is 0 Å². The van der Waals surface area contributed by atoms with E-state index in [1.165, 1.54) is 43.5 Å². The maximum atomic E-state index is 12.7. The van der Waals surface area contributed by atoms with Gasteiger partial charge in [-0.3, -0.25) is 19.3 Å². The van der Waals surface area contributed by atoms with Gasteiger partial charge < -0.3 is 10.1 Å². The van der Waals surface area contributed by atoms with Gasteiger partial charge in [0.1, 0.15) is 6.54 Å². The maximum Gasteiger partial charge on any atom is 0.416 e. The van der Waals surface area contributed by atoms with Crippen LogP contribution in [0, 0.1) is 0 Å². The van der Waals surface area contributed by atoms with Crippen LogP contribution in [0.1, 0.15) is 21.5 Å². The first-order valence-electron chi connectivity index (χ1n) is 9.10. The van der Waals surface area contributed by atoms with E-state index >= 15 is 0 Å². The molecule has 12 heteroatoms. The Morgan fingerprint density at radius 2 is 1.82 bits per heavy atom. The summed E-state index contributed by atoms with van der Waals surface area (Å²) in [5.74, 6) is -2.19. The molecule has 0 aliphatic carbocycles. The highest BCUT2D eigenvalue weighted by Gasteiger charge is 2.36. The number of carbonyl (C=O) groups is 4. The first-order chi connectivity index (χ1) is 15.5. The van der Waals surface area contributed by atoms with E-state index in [-0.39, 0.29) is 26.7 Å². The minimum absolute atomic E-state index is 0.0163. The lowest BCUT2D eigenvalue weighted by Crippen LogP contribution is -2.36. The molecule has 0 aromatic heterocycles. The van der Waals surface area contributed by atoms with Gasteiger partial charge in [0.15, 0.2) is 0 Å². The number of anilines is 1. The summed E-state index contributed by atoms with van der Waals surface area (Å²) in [5.41, 5.74) is -0.351. The second-order valence-corrected chi connectivity index (χ2v) is 8.02. The fourth-order valence-corrected chi connectivity index (χ4v) is 3.80. The van der Waals surface area contributed by atoms with Gasteiger partial charge in [-0.1, -0.05) is 23.7 Å². The molecular weight excluding hydrogens is 485 g/mol. The van der Waals surface area contributed by atoms with Crippen molar-refractivity contribution in [3.8, 4) is 0 Å². The molecule has 2 aromatic carbocycles. The Balaban J connectivity index is 1.69. The number of thioether (sulfide) groups is 1. The standard InChI is InChI=1S/C21H14ClF3N2O5S/c1-32-19(30)14-9-13(6-7-15(14)22)26-17(28)10-27-18(29)16(33-20(27)31)8-11-2-4-12(5-3-11)21(23,24)25/h2-9H,10H2,1H3,(H,26,28)/b16-8-. The lowest BCUT2D eigenvalue weighted by atomic mass is 10.1. The smallest absolute Gasteiger partial charge is 0.416 e. The summed E-state index contributed by atoms with van der Waals surface area (Å²) < 4.78 is 42.6. The largest absolute Gasteiger partial charge is 0.465 e. The monoisotopic (exact) mass is 498 g/mol. The van der Waals surface area contributed by atoms with Crippen molar-refractivity contribution < 1.29 is 37.1 Å². The van der Waals surface area contributed by atoms with Gasteiger partial charge in [0.25, 0.3) is 11.1 Å². The average Bonchev–Trinajstić information content (AvgIpc) is 3.01. The molecule has 2 aromatic rings. The summed E-state index contributed by atoms with van der Waals surface area (Å²) in [6, 6.07) is 8.13. The van der Waals surface area contributed by atoms with Gasteiger partial charge in [0, 0.05) is 5.69 Å². The van der Waals surface area contributed by atoms with Crippen molar-refractivity contribution in [3.63, 3.8) is 0 Å². The van der Waals surface area contributed by atoms with E-state index in [4.69, 9.17) is 11.6 Å². The third-order valence-corrected chi connectivity index (χ3v) is 5.60. The van der Waals surface area contributed by atoms with E-state index in [1.807, 2.05) is 0 Å². The Bertz CT molecular complexity index is 1170. The first kappa shape index (κ1) is 24.3. The molecule has 3 amide bonds. The second-order valence-electron chi connectivity index (χ2n) is 6.62. The zero-order valence-electron chi connectivity index (χ0n) is 16.7. The summed E-state index contributed by atoms with van der Waals surface area (Å²) in [6.45, 7) is -0.606. The van der Waals surface area contributed by atoms with E-state index in [2.05, 4.69) is 10.1 Å². The van der Waals surface area contributed by atoms with E-state index in [9.17, 15) is 32.3 Å². The Labute approximate surface area is 194 Å². The highest BCUT2D eigenvalue weighted by molar-refractivity contribution is 8.18. The molecule has 172 valence electrons. The van der Waals surface area contributed by atoms with E-state index in [0.29, 0.717) is 16.7 Å². The SMILES string of the molecule is COC(=O)c1cc(NC(=O)CN2C(=O)S/C(=C\c3ccc(C(F)(F)F)cc3)C2=O)ccc1Cl. The van der Waals surface area contributed by atoms with Crippen molar-refractivity contribution in [2.75, 3.05) is 19.0 Å². The number of esters is 1. The van der Waals surface area contributed by atoms with Crippen LogP contribution < -0.4 is 5.32 Å². The minimum atomic E-state index is -4.49. The van der Waals surface area contributed by atoms with Crippen LogP contribution in [0.15, 0.2) is 47.4 Å². The van der Waals surface area contributed by atoms with Crippen LogP contribution >= 0.6 is 23.4 Å². The van der Waals surface area contributed by atoms with Gasteiger partial charge in [0.05, 0.1) is 28.2 Å². The van der Waals surface area contributed by atoms with Gasteiger partial charge in [-0.05, 0) is 53.7 Å².